The molecular weight excluding hydrogens is 446 g/mol. The molecule has 3 rings (SSSR count). The molecule has 0 aliphatic heterocycles. The molecule has 0 aliphatic carbocycles. The Morgan fingerprint density at radius 2 is 1.83 bits per heavy atom. The molecule has 0 bridgehead atoms. The van der Waals surface area contributed by atoms with Gasteiger partial charge in [0.2, 0.25) is 0 Å². The third-order valence-corrected chi connectivity index (χ3v) is 5.48. The number of aromatic carboxylic acids is 1. The normalized spacial score (nSPS) is 10.5. The van der Waals surface area contributed by atoms with Gasteiger partial charge in [0.05, 0.1) is 17.1 Å². The first-order chi connectivity index (χ1) is 14.4. The fourth-order valence-electron chi connectivity index (χ4n) is 3.08. The second kappa shape index (κ2) is 9.67. The molecule has 30 heavy (non-hydrogen) atoms. The van der Waals surface area contributed by atoms with Crippen molar-refractivity contribution in [1.82, 2.24) is 0 Å². The highest BCUT2D eigenvalue weighted by atomic mass is 79.9. The maximum atomic E-state index is 11.2. The maximum Gasteiger partial charge on any atom is 0.335 e. The second-order valence-corrected chi connectivity index (χ2v) is 7.87. The smallest absolute Gasteiger partial charge is 0.335 e. The summed E-state index contributed by atoms with van der Waals surface area (Å²) >= 11 is 3.59. The van der Waals surface area contributed by atoms with Gasteiger partial charge in [0.25, 0.3) is 0 Å². The highest BCUT2D eigenvalue weighted by Gasteiger charge is 2.13. The third-order valence-electron chi connectivity index (χ3n) is 4.89. The van der Waals surface area contributed by atoms with Gasteiger partial charge in [-0.2, -0.15) is 0 Å². The van der Waals surface area contributed by atoms with Gasteiger partial charge in [0.15, 0.2) is 11.5 Å². The van der Waals surface area contributed by atoms with Gasteiger partial charge in [0.1, 0.15) is 6.61 Å². The molecule has 0 saturated heterocycles. The van der Waals surface area contributed by atoms with E-state index in [9.17, 15) is 9.90 Å². The van der Waals surface area contributed by atoms with E-state index in [1.165, 1.54) is 5.56 Å². The Kier molecular flexibility index (Phi) is 7.00. The number of ether oxygens (including phenoxy) is 2. The highest BCUT2D eigenvalue weighted by molar-refractivity contribution is 9.10. The summed E-state index contributed by atoms with van der Waals surface area (Å²) in [5, 5.41) is 12.5. The van der Waals surface area contributed by atoms with Crippen LogP contribution in [0, 0.1) is 13.8 Å². The van der Waals surface area contributed by atoms with Gasteiger partial charge < -0.3 is 19.9 Å². The van der Waals surface area contributed by atoms with E-state index in [1.807, 2.05) is 37.3 Å². The summed E-state index contributed by atoms with van der Waals surface area (Å²) in [6.07, 6.45) is 0. The number of carbonyl (C=O) groups is 1. The minimum absolute atomic E-state index is 0.252. The zero-order valence-corrected chi connectivity index (χ0v) is 18.7. The van der Waals surface area contributed by atoms with Crippen molar-refractivity contribution in [2.45, 2.75) is 27.0 Å². The molecule has 0 atom stereocenters. The molecule has 0 saturated carbocycles. The van der Waals surface area contributed by atoms with E-state index in [0.717, 1.165) is 26.9 Å². The molecule has 156 valence electrons. The molecule has 2 N–H and O–H groups in total. The van der Waals surface area contributed by atoms with Crippen LogP contribution in [0.1, 0.15) is 32.6 Å². The summed E-state index contributed by atoms with van der Waals surface area (Å²) in [5.41, 5.74) is 5.27. The van der Waals surface area contributed by atoms with Crippen molar-refractivity contribution in [1.29, 1.82) is 0 Å². The number of aryl methyl sites for hydroxylation is 2. The Bertz CT molecular complexity index is 1070. The standard InChI is InChI=1S/C24H24BrNO4/c1-15-6-4-5-7-19(15)14-30-23-20(25)10-17(11-22(23)29-3)13-26-21-12-18(24(27)28)9-8-16(21)2/h4-12,26H,13-14H2,1-3H3,(H,27,28). The van der Waals surface area contributed by atoms with Gasteiger partial charge in [-0.3, -0.25) is 0 Å². The lowest BCUT2D eigenvalue weighted by atomic mass is 10.1. The molecule has 6 heteroatoms. The van der Waals surface area contributed by atoms with Crippen LogP contribution in [0.25, 0.3) is 0 Å². The quantitative estimate of drug-likeness (QED) is 0.425. The van der Waals surface area contributed by atoms with E-state index in [1.54, 1.807) is 25.3 Å². The van der Waals surface area contributed by atoms with E-state index in [0.29, 0.717) is 24.7 Å². The van der Waals surface area contributed by atoms with Crippen molar-refractivity contribution >= 4 is 27.6 Å². The Morgan fingerprint density at radius 3 is 2.53 bits per heavy atom. The number of rotatable bonds is 8. The fourth-order valence-corrected chi connectivity index (χ4v) is 3.68. The zero-order chi connectivity index (χ0) is 21.7. The summed E-state index contributed by atoms with van der Waals surface area (Å²) in [6, 6.07) is 17.0. The summed E-state index contributed by atoms with van der Waals surface area (Å²) in [7, 11) is 1.61. The van der Waals surface area contributed by atoms with Crippen molar-refractivity contribution in [2.75, 3.05) is 12.4 Å². The van der Waals surface area contributed by atoms with E-state index >= 15 is 0 Å². The lowest BCUT2D eigenvalue weighted by Gasteiger charge is -2.16. The van der Waals surface area contributed by atoms with Gasteiger partial charge >= 0.3 is 5.97 Å². The zero-order valence-electron chi connectivity index (χ0n) is 17.2. The second-order valence-electron chi connectivity index (χ2n) is 7.01. The molecule has 3 aromatic rings. The number of carboxylic acid groups (broad SMARTS) is 1. The van der Waals surface area contributed by atoms with Gasteiger partial charge in [-0.05, 0) is 76.3 Å². The van der Waals surface area contributed by atoms with Crippen LogP contribution in [0.4, 0.5) is 5.69 Å². The Balaban J connectivity index is 1.76. The van der Waals surface area contributed by atoms with Crippen LogP contribution < -0.4 is 14.8 Å². The number of methoxy groups -OCH3 is 1. The Hall–Kier alpha value is -2.99. The van der Waals surface area contributed by atoms with E-state index in [4.69, 9.17) is 9.47 Å². The lowest BCUT2D eigenvalue weighted by Crippen LogP contribution is -2.05. The minimum atomic E-state index is -0.947. The lowest BCUT2D eigenvalue weighted by molar-refractivity contribution is 0.0697. The van der Waals surface area contributed by atoms with Crippen molar-refractivity contribution in [3.8, 4) is 11.5 Å². The number of anilines is 1. The molecular formula is C24H24BrNO4. The highest BCUT2D eigenvalue weighted by Crippen LogP contribution is 2.37. The van der Waals surface area contributed by atoms with E-state index in [2.05, 4.69) is 34.2 Å². The van der Waals surface area contributed by atoms with Crippen LogP contribution in [-0.2, 0) is 13.2 Å². The van der Waals surface area contributed by atoms with E-state index in [-0.39, 0.29) is 5.56 Å². The number of benzene rings is 3. The topological polar surface area (TPSA) is 67.8 Å². The predicted octanol–water partition coefficient (Wildman–Crippen LogP) is 5.96. The molecule has 3 aromatic carbocycles. The molecule has 0 radical (unpaired) electrons. The van der Waals surface area contributed by atoms with Gasteiger partial charge in [0, 0.05) is 12.2 Å². The SMILES string of the molecule is COc1cc(CNc2cc(C(=O)O)ccc2C)cc(Br)c1OCc1ccccc1C. The van der Waals surface area contributed by atoms with Gasteiger partial charge in [-0.25, -0.2) is 4.79 Å². The van der Waals surface area contributed by atoms with Crippen molar-refractivity contribution < 1.29 is 19.4 Å². The average molecular weight is 470 g/mol. The number of nitrogens with one attached hydrogen (secondary N) is 1. The first-order valence-corrected chi connectivity index (χ1v) is 10.3. The molecule has 5 nitrogen and oxygen atoms in total. The van der Waals surface area contributed by atoms with Crippen LogP contribution in [0.15, 0.2) is 59.1 Å². The van der Waals surface area contributed by atoms with E-state index < -0.39 is 5.97 Å². The molecule has 0 aromatic heterocycles. The van der Waals surface area contributed by atoms with Crippen LogP contribution in [0.3, 0.4) is 0 Å². The first kappa shape index (κ1) is 21.7. The molecule has 0 fully saturated rings. The molecule has 0 amide bonds. The fraction of sp³-hybridized carbons (Fsp3) is 0.208. The predicted molar refractivity (Wildman–Crippen MR) is 122 cm³/mol. The third kappa shape index (κ3) is 5.13. The summed E-state index contributed by atoms with van der Waals surface area (Å²) in [5.74, 6) is 0.331. The minimum Gasteiger partial charge on any atom is -0.493 e. The molecule has 0 unspecified atom stereocenters. The number of hydrogen-bond donors (Lipinski definition) is 2. The molecule has 0 spiro atoms. The number of halogens is 1. The first-order valence-electron chi connectivity index (χ1n) is 9.50. The number of hydrogen-bond acceptors (Lipinski definition) is 4. The number of carboxylic acids is 1. The summed E-state index contributed by atoms with van der Waals surface area (Å²) in [4.78, 5) is 11.2. The van der Waals surface area contributed by atoms with Crippen LogP contribution >= 0.6 is 15.9 Å². The van der Waals surface area contributed by atoms with Gasteiger partial charge in [-0.15, -0.1) is 0 Å². The maximum absolute atomic E-state index is 11.2. The van der Waals surface area contributed by atoms with Crippen LogP contribution in [0.5, 0.6) is 11.5 Å². The summed E-state index contributed by atoms with van der Waals surface area (Å²) in [6.45, 7) is 4.95. The van der Waals surface area contributed by atoms with Crippen LogP contribution in [-0.4, -0.2) is 18.2 Å². The van der Waals surface area contributed by atoms with Crippen molar-refractivity contribution in [3.63, 3.8) is 0 Å². The van der Waals surface area contributed by atoms with Crippen molar-refractivity contribution in [3.05, 3.63) is 86.9 Å². The Morgan fingerprint density at radius 1 is 1.07 bits per heavy atom. The molecule has 0 heterocycles. The monoisotopic (exact) mass is 469 g/mol. The molecule has 0 aliphatic rings. The Labute approximate surface area is 184 Å². The van der Waals surface area contributed by atoms with Gasteiger partial charge in [-0.1, -0.05) is 30.3 Å². The largest absolute Gasteiger partial charge is 0.493 e. The average Bonchev–Trinajstić information content (AvgIpc) is 2.72. The summed E-state index contributed by atoms with van der Waals surface area (Å²) < 4.78 is 12.4. The van der Waals surface area contributed by atoms with Crippen LogP contribution in [0.2, 0.25) is 0 Å². The van der Waals surface area contributed by atoms with Crippen molar-refractivity contribution in [2.24, 2.45) is 0 Å².